The lowest BCUT2D eigenvalue weighted by atomic mass is 9.64. The van der Waals surface area contributed by atoms with Crippen molar-refractivity contribution in [3.05, 3.63) is 170 Å². The van der Waals surface area contributed by atoms with Crippen LogP contribution in [0.1, 0.15) is 0 Å². The Kier molecular flexibility index (Phi) is 9.72. The van der Waals surface area contributed by atoms with E-state index in [4.69, 9.17) is 4.42 Å². The van der Waals surface area contributed by atoms with E-state index in [1.54, 1.807) is 0 Å². The minimum Gasteiger partial charge on any atom is -0.456 e. The van der Waals surface area contributed by atoms with Crippen LogP contribution >= 0.6 is 0 Å². The predicted molar refractivity (Wildman–Crippen MR) is 285 cm³/mol. The van der Waals surface area contributed by atoms with Crippen LogP contribution in [0.15, 0.2) is 174 Å². The number of para-hydroxylation sites is 1. The minimum absolute atomic E-state index is 0.978. The molecule has 0 unspecified atom stereocenters. The highest BCUT2D eigenvalue weighted by Crippen LogP contribution is 2.42. The van der Waals surface area contributed by atoms with Crippen molar-refractivity contribution in [2.75, 3.05) is 4.90 Å². The fourth-order valence-corrected chi connectivity index (χ4v) is 9.44. The van der Waals surface area contributed by atoms with Gasteiger partial charge < -0.3 is 9.32 Å². The summed E-state index contributed by atoms with van der Waals surface area (Å²) >= 11 is 0. The molecule has 0 spiro atoms. The quantitative estimate of drug-likeness (QED) is 0.232. The second-order valence-corrected chi connectivity index (χ2v) is 16.7. The van der Waals surface area contributed by atoms with Crippen molar-refractivity contribution >= 4 is 143 Å². The smallest absolute Gasteiger partial charge is 0.143 e. The predicted octanol–water partition coefficient (Wildman–Crippen LogP) is 2.69. The molecule has 0 aliphatic carbocycles. The highest BCUT2D eigenvalue weighted by Gasteiger charge is 2.24. The van der Waals surface area contributed by atoms with E-state index < -0.39 is 0 Å². The molecule has 1 heterocycles. The summed E-state index contributed by atoms with van der Waals surface area (Å²) in [7, 11) is 15.7. The average molecular weight is 773 g/mol. The highest BCUT2D eigenvalue weighted by atomic mass is 16.3. The third kappa shape index (κ3) is 6.55. The van der Waals surface area contributed by atoms with E-state index in [9.17, 15) is 0 Å². The average Bonchev–Trinajstić information content (AvgIpc) is 3.71. The Morgan fingerprint density at radius 3 is 1.46 bits per heavy atom. The van der Waals surface area contributed by atoms with Gasteiger partial charge in [-0.2, -0.15) is 0 Å². The van der Waals surface area contributed by atoms with E-state index in [0.717, 1.165) is 33.8 Å². The summed E-state index contributed by atoms with van der Waals surface area (Å²) in [6.07, 6.45) is 0. The van der Waals surface area contributed by atoms with Gasteiger partial charge in [0.05, 0.1) is 5.69 Å². The second-order valence-electron chi connectivity index (χ2n) is 16.7. The topological polar surface area (TPSA) is 16.4 Å². The van der Waals surface area contributed by atoms with Gasteiger partial charge in [0.2, 0.25) is 0 Å². The summed E-state index contributed by atoms with van der Waals surface area (Å²) < 4.78 is 6.96. The first kappa shape index (κ1) is 38.5. The SMILES string of the molecule is Bc1c(B)c(B)c2c(oc3c(-c4ccc(N(c5ccc(-c6ccc(-c7ccc8ccccc8c7)cc6)cc5)c5ccccc5-c5ccccc5)cc4)c(B)c(B)c(B)c32)c1B. The number of rotatable bonds is 7. The van der Waals surface area contributed by atoms with Gasteiger partial charge in [0, 0.05) is 33.3 Å². The summed E-state index contributed by atoms with van der Waals surface area (Å²) in [5.74, 6) is 0. The second kappa shape index (κ2) is 15.4. The molecule has 0 saturated carbocycles. The number of anilines is 3. The van der Waals surface area contributed by atoms with Gasteiger partial charge in [-0.05, 0) is 80.6 Å². The van der Waals surface area contributed by atoms with Crippen LogP contribution < -0.4 is 43.1 Å². The zero-order valence-corrected chi connectivity index (χ0v) is 36.0. The van der Waals surface area contributed by atoms with Crippen LogP contribution in [-0.2, 0) is 0 Å². The van der Waals surface area contributed by atoms with Crippen molar-refractivity contribution in [3.8, 4) is 44.5 Å². The highest BCUT2D eigenvalue weighted by molar-refractivity contribution is 6.69. The van der Waals surface area contributed by atoms with E-state index in [0.29, 0.717) is 0 Å². The van der Waals surface area contributed by atoms with Crippen molar-refractivity contribution in [1.29, 1.82) is 0 Å². The lowest BCUT2D eigenvalue weighted by molar-refractivity contribution is 0.673. The number of fused-ring (bicyclic) bond motifs is 4. The third-order valence-corrected chi connectivity index (χ3v) is 13.5. The maximum absolute atomic E-state index is 6.96. The monoisotopic (exact) mass is 773 g/mol. The molecule has 0 aliphatic rings. The minimum atomic E-state index is 0.978. The summed E-state index contributed by atoms with van der Waals surface area (Å²) in [5.41, 5.74) is 23.8. The number of hydrogen-bond donors (Lipinski definition) is 0. The Hall–Kier alpha value is -6.71. The maximum Gasteiger partial charge on any atom is 0.143 e. The Morgan fingerprint density at radius 2 is 0.803 bits per heavy atom. The van der Waals surface area contributed by atoms with E-state index in [1.807, 2.05) is 0 Å². The molecule has 1 aromatic heterocycles. The molecule has 0 saturated heterocycles. The molecule has 9 heteroatoms. The van der Waals surface area contributed by atoms with Crippen LogP contribution in [0.2, 0.25) is 0 Å². The molecular weight excluding hydrogens is 730 g/mol. The summed E-state index contributed by atoms with van der Waals surface area (Å²) in [6, 6.07) is 61.7. The molecule has 61 heavy (non-hydrogen) atoms. The maximum atomic E-state index is 6.96. The van der Waals surface area contributed by atoms with Crippen LogP contribution in [0.25, 0.3) is 77.2 Å². The van der Waals surface area contributed by atoms with Crippen molar-refractivity contribution in [2.45, 2.75) is 0 Å². The lowest BCUT2D eigenvalue weighted by Gasteiger charge is -2.28. The van der Waals surface area contributed by atoms with Gasteiger partial charge in [-0.1, -0.05) is 166 Å². The molecule has 0 radical (unpaired) electrons. The summed E-state index contributed by atoms with van der Waals surface area (Å²) in [5, 5.41) is 5.01. The molecule has 0 amide bonds. The zero-order valence-electron chi connectivity index (χ0n) is 36.0. The van der Waals surface area contributed by atoms with Crippen molar-refractivity contribution in [3.63, 3.8) is 0 Å². The fraction of sp³-hybridized carbons (Fsp3) is 0. The van der Waals surface area contributed by atoms with Crippen LogP contribution in [0, 0.1) is 0 Å². The van der Waals surface area contributed by atoms with Crippen LogP contribution in [0.3, 0.4) is 0 Å². The first-order chi connectivity index (χ1) is 29.7. The van der Waals surface area contributed by atoms with Crippen molar-refractivity contribution < 1.29 is 4.42 Å². The van der Waals surface area contributed by atoms with Crippen LogP contribution in [0.4, 0.5) is 17.1 Å². The molecule has 282 valence electrons. The number of furan rings is 1. The summed E-state index contributed by atoms with van der Waals surface area (Å²) in [4.78, 5) is 2.39. The fourth-order valence-electron chi connectivity index (χ4n) is 9.44. The summed E-state index contributed by atoms with van der Waals surface area (Å²) in [6.45, 7) is 0. The molecule has 10 aromatic rings. The van der Waals surface area contributed by atoms with Crippen LogP contribution in [-0.4, -0.2) is 54.9 Å². The standard InChI is InChI=1S/C52H42B7NO/c53-44-41(51-42(45(54)47(44)56)43-46(55)48(57)49(58)50(59)52(43)61-51)34-22-26-38(27-23-34)60(40-13-7-6-12-39(40)33-9-2-1-3-10-33)37-24-20-31(21-25-37)30-14-16-32(17-15-30)36-19-18-29-8-4-5-11-35(29)28-36/h1-28H,53-59H2. The lowest BCUT2D eigenvalue weighted by Crippen LogP contribution is -2.47. The van der Waals surface area contributed by atoms with Crippen molar-refractivity contribution in [2.24, 2.45) is 0 Å². The Labute approximate surface area is 364 Å². The van der Waals surface area contributed by atoms with Gasteiger partial charge in [0.1, 0.15) is 66.1 Å². The zero-order chi connectivity index (χ0) is 41.9. The molecule has 0 atom stereocenters. The Morgan fingerprint density at radius 1 is 0.328 bits per heavy atom. The van der Waals surface area contributed by atoms with E-state index >= 15 is 0 Å². The van der Waals surface area contributed by atoms with Crippen molar-refractivity contribution in [1.82, 2.24) is 0 Å². The molecule has 2 nitrogen and oxygen atoms in total. The van der Waals surface area contributed by atoms with E-state index in [2.05, 4.69) is 230 Å². The van der Waals surface area contributed by atoms with Crippen LogP contribution in [0.5, 0.6) is 0 Å². The number of hydrogen-bond acceptors (Lipinski definition) is 2. The van der Waals surface area contributed by atoms with Gasteiger partial charge >= 0.3 is 0 Å². The molecular formula is C52H42B7NO. The molecule has 9 aromatic carbocycles. The molecule has 0 bridgehead atoms. The number of benzene rings is 9. The van der Waals surface area contributed by atoms with Gasteiger partial charge in [-0.3, -0.25) is 0 Å². The largest absolute Gasteiger partial charge is 0.456 e. The normalized spacial score (nSPS) is 11.4. The molecule has 0 N–H and O–H groups in total. The van der Waals surface area contributed by atoms with Gasteiger partial charge in [-0.15, -0.1) is 5.46 Å². The third-order valence-electron chi connectivity index (χ3n) is 13.5. The Bertz CT molecular complexity index is 3310. The molecule has 0 aliphatic heterocycles. The van der Waals surface area contributed by atoms with Gasteiger partial charge in [-0.25, -0.2) is 0 Å². The number of nitrogens with zero attached hydrogens (tertiary/aromatic N) is 1. The van der Waals surface area contributed by atoms with E-state index in [-0.39, 0.29) is 0 Å². The first-order valence-corrected chi connectivity index (χ1v) is 21.3. The molecule has 0 fully saturated rings. The van der Waals surface area contributed by atoms with E-state index in [1.165, 1.54) is 98.7 Å². The molecule has 10 rings (SSSR count). The van der Waals surface area contributed by atoms with Gasteiger partial charge in [0.25, 0.3) is 0 Å². The Balaban J connectivity index is 1.06. The first-order valence-electron chi connectivity index (χ1n) is 21.3. The van der Waals surface area contributed by atoms with Gasteiger partial charge in [0.15, 0.2) is 0 Å².